The third-order valence-corrected chi connectivity index (χ3v) is 3.07. The van der Waals surface area contributed by atoms with Crippen LogP contribution in [0.3, 0.4) is 0 Å². The van der Waals surface area contributed by atoms with Crippen LogP contribution in [0.15, 0.2) is 24.4 Å². The lowest BCUT2D eigenvalue weighted by molar-refractivity contribution is 0.385. The SMILES string of the molecule is COc1ccc(C(C)NCc2cnnn2C)cc1F. The molecule has 2 rings (SSSR count). The first-order chi connectivity index (χ1) is 9.11. The molecule has 1 unspecified atom stereocenters. The average Bonchev–Trinajstić information content (AvgIpc) is 2.81. The second-order valence-electron chi connectivity index (χ2n) is 4.35. The molecule has 0 saturated carbocycles. The summed E-state index contributed by atoms with van der Waals surface area (Å²) in [6.07, 6.45) is 1.70. The summed E-state index contributed by atoms with van der Waals surface area (Å²) in [5, 5.41) is 11.0. The Hall–Kier alpha value is -1.95. The Kier molecular flexibility index (Phi) is 4.11. The Balaban J connectivity index is 2.02. The number of halogens is 1. The minimum atomic E-state index is -0.351. The predicted molar refractivity (Wildman–Crippen MR) is 69.2 cm³/mol. The molecule has 1 N–H and O–H groups in total. The molecular formula is C13H17FN4O. The number of nitrogens with one attached hydrogen (secondary N) is 1. The van der Waals surface area contributed by atoms with Crippen molar-refractivity contribution >= 4 is 0 Å². The Bertz CT molecular complexity index is 555. The van der Waals surface area contributed by atoms with Gasteiger partial charge in [0.1, 0.15) is 0 Å². The second kappa shape index (κ2) is 5.79. The van der Waals surface area contributed by atoms with Gasteiger partial charge in [0.2, 0.25) is 0 Å². The monoisotopic (exact) mass is 264 g/mol. The molecule has 0 aliphatic carbocycles. The highest BCUT2D eigenvalue weighted by Gasteiger charge is 2.10. The molecule has 0 fully saturated rings. The smallest absolute Gasteiger partial charge is 0.165 e. The third-order valence-electron chi connectivity index (χ3n) is 3.07. The average molecular weight is 264 g/mol. The molecule has 5 nitrogen and oxygen atoms in total. The van der Waals surface area contributed by atoms with E-state index in [2.05, 4.69) is 15.6 Å². The third kappa shape index (κ3) is 3.08. The Labute approximate surface area is 111 Å². The maximum absolute atomic E-state index is 13.6. The van der Waals surface area contributed by atoms with Crippen LogP contribution in [0, 0.1) is 5.82 Å². The molecule has 1 atom stereocenters. The van der Waals surface area contributed by atoms with Crippen LogP contribution in [-0.2, 0) is 13.6 Å². The van der Waals surface area contributed by atoms with Crippen LogP contribution in [0.25, 0.3) is 0 Å². The van der Waals surface area contributed by atoms with Crippen LogP contribution in [-0.4, -0.2) is 22.1 Å². The lowest BCUT2D eigenvalue weighted by Gasteiger charge is -2.15. The van der Waals surface area contributed by atoms with Crippen molar-refractivity contribution < 1.29 is 9.13 Å². The number of ether oxygens (including phenoxy) is 1. The first-order valence-corrected chi connectivity index (χ1v) is 6.02. The number of hydrogen-bond acceptors (Lipinski definition) is 4. The minimum Gasteiger partial charge on any atom is -0.494 e. The fraction of sp³-hybridized carbons (Fsp3) is 0.385. The summed E-state index contributed by atoms with van der Waals surface area (Å²) in [6, 6.07) is 4.99. The summed E-state index contributed by atoms with van der Waals surface area (Å²) in [7, 11) is 3.29. The van der Waals surface area contributed by atoms with Crippen LogP contribution in [0.2, 0.25) is 0 Å². The number of aromatic nitrogens is 3. The van der Waals surface area contributed by atoms with Gasteiger partial charge in [-0.05, 0) is 24.6 Å². The molecule has 0 spiro atoms. The number of nitrogens with zero attached hydrogens (tertiary/aromatic N) is 3. The van der Waals surface area contributed by atoms with Gasteiger partial charge in [-0.25, -0.2) is 4.39 Å². The Morgan fingerprint density at radius 2 is 2.26 bits per heavy atom. The van der Waals surface area contributed by atoms with E-state index in [1.807, 2.05) is 20.0 Å². The van der Waals surface area contributed by atoms with Crippen LogP contribution in [0.4, 0.5) is 4.39 Å². The van der Waals surface area contributed by atoms with Crippen molar-refractivity contribution in [1.29, 1.82) is 0 Å². The van der Waals surface area contributed by atoms with Gasteiger partial charge in [-0.2, -0.15) is 0 Å². The molecule has 0 radical (unpaired) electrons. The highest BCUT2D eigenvalue weighted by Crippen LogP contribution is 2.21. The maximum atomic E-state index is 13.6. The first kappa shape index (κ1) is 13.5. The van der Waals surface area contributed by atoms with Crippen LogP contribution in [0.5, 0.6) is 5.75 Å². The van der Waals surface area contributed by atoms with Crippen molar-refractivity contribution in [2.24, 2.45) is 7.05 Å². The van der Waals surface area contributed by atoms with Gasteiger partial charge in [-0.1, -0.05) is 11.3 Å². The number of rotatable bonds is 5. The number of methoxy groups -OCH3 is 1. The molecule has 1 heterocycles. The van der Waals surface area contributed by atoms with E-state index >= 15 is 0 Å². The number of hydrogen-bond donors (Lipinski definition) is 1. The quantitative estimate of drug-likeness (QED) is 0.895. The van der Waals surface area contributed by atoms with Crippen LogP contribution < -0.4 is 10.1 Å². The predicted octanol–water partition coefficient (Wildman–Crippen LogP) is 1.81. The molecule has 0 bridgehead atoms. The van der Waals surface area contributed by atoms with Gasteiger partial charge in [0, 0.05) is 19.6 Å². The van der Waals surface area contributed by atoms with Gasteiger partial charge >= 0.3 is 0 Å². The topological polar surface area (TPSA) is 52.0 Å². The van der Waals surface area contributed by atoms with E-state index in [0.717, 1.165) is 11.3 Å². The standard InChI is InChI=1S/C13H17FN4O/c1-9(15-7-11-8-16-17-18(11)2)10-4-5-13(19-3)12(14)6-10/h4-6,8-9,15H,7H2,1-3H3. The number of aryl methyl sites for hydroxylation is 1. The van der Waals surface area contributed by atoms with Crippen molar-refractivity contribution in [2.75, 3.05) is 7.11 Å². The van der Waals surface area contributed by atoms with E-state index in [1.54, 1.807) is 16.9 Å². The zero-order chi connectivity index (χ0) is 13.8. The van der Waals surface area contributed by atoms with E-state index < -0.39 is 0 Å². The molecule has 0 aliphatic rings. The van der Waals surface area contributed by atoms with E-state index in [0.29, 0.717) is 6.54 Å². The normalized spacial score (nSPS) is 12.4. The molecule has 0 aliphatic heterocycles. The van der Waals surface area contributed by atoms with E-state index in [1.165, 1.54) is 13.2 Å². The van der Waals surface area contributed by atoms with E-state index in [4.69, 9.17) is 4.74 Å². The fourth-order valence-electron chi connectivity index (χ4n) is 1.80. The van der Waals surface area contributed by atoms with Gasteiger partial charge < -0.3 is 10.1 Å². The largest absolute Gasteiger partial charge is 0.494 e. The van der Waals surface area contributed by atoms with Crippen LogP contribution in [0.1, 0.15) is 24.2 Å². The molecular weight excluding hydrogens is 247 g/mol. The first-order valence-electron chi connectivity index (χ1n) is 6.02. The molecule has 1 aromatic carbocycles. The van der Waals surface area contributed by atoms with Crippen molar-refractivity contribution in [3.8, 4) is 5.75 Å². The molecule has 1 aromatic heterocycles. The molecule has 0 saturated heterocycles. The summed E-state index contributed by atoms with van der Waals surface area (Å²) in [5.41, 5.74) is 1.84. The van der Waals surface area contributed by atoms with Gasteiger partial charge in [-0.15, -0.1) is 5.10 Å². The summed E-state index contributed by atoms with van der Waals surface area (Å²) in [5.74, 6) is -0.0948. The van der Waals surface area contributed by atoms with Crippen molar-refractivity contribution in [1.82, 2.24) is 20.3 Å². The van der Waals surface area contributed by atoms with Gasteiger partial charge in [0.25, 0.3) is 0 Å². The lowest BCUT2D eigenvalue weighted by Crippen LogP contribution is -2.20. The zero-order valence-corrected chi connectivity index (χ0v) is 11.2. The molecule has 19 heavy (non-hydrogen) atoms. The van der Waals surface area contributed by atoms with Crippen LogP contribution >= 0.6 is 0 Å². The Morgan fingerprint density at radius 3 is 2.84 bits per heavy atom. The minimum absolute atomic E-state index is 0.0234. The fourth-order valence-corrected chi connectivity index (χ4v) is 1.80. The van der Waals surface area contributed by atoms with Gasteiger partial charge in [0.15, 0.2) is 11.6 Å². The summed E-state index contributed by atoms with van der Waals surface area (Å²) in [4.78, 5) is 0. The second-order valence-corrected chi connectivity index (χ2v) is 4.35. The van der Waals surface area contributed by atoms with Crippen molar-refractivity contribution in [3.63, 3.8) is 0 Å². The van der Waals surface area contributed by atoms with Crippen molar-refractivity contribution in [2.45, 2.75) is 19.5 Å². The van der Waals surface area contributed by atoms with E-state index in [-0.39, 0.29) is 17.6 Å². The van der Waals surface area contributed by atoms with Crippen molar-refractivity contribution in [3.05, 3.63) is 41.5 Å². The molecule has 102 valence electrons. The Morgan fingerprint density at radius 1 is 1.47 bits per heavy atom. The molecule has 0 amide bonds. The number of benzene rings is 1. The molecule has 6 heteroatoms. The lowest BCUT2D eigenvalue weighted by atomic mass is 10.1. The maximum Gasteiger partial charge on any atom is 0.165 e. The van der Waals surface area contributed by atoms with Gasteiger partial charge in [0.05, 0.1) is 19.0 Å². The highest BCUT2D eigenvalue weighted by atomic mass is 19.1. The summed E-state index contributed by atoms with van der Waals surface area (Å²) in [6.45, 7) is 2.60. The molecule has 2 aromatic rings. The van der Waals surface area contributed by atoms with E-state index in [9.17, 15) is 4.39 Å². The van der Waals surface area contributed by atoms with Gasteiger partial charge in [-0.3, -0.25) is 4.68 Å². The summed E-state index contributed by atoms with van der Waals surface area (Å²) >= 11 is 0. The highest BCUT2D eigenvalue weighted by molar-refractivity contribution is 5.30. The zero-order valence-electron chi connectivity index (χ0n) is 11.2. The summed E-state index contributed by atoms with van der Waals surface area (Å²) < 4.78 is 20.2.